The van der Waals surface area contributed by atoms with E-state index in [1.54, 1.807) is 0 Å². The number of piperazine rings is 1. The number of ether oxygens (including phenoxy) is 1. The largest absolute Gasteiger partial charge is 0.380 e. The third-order valence-corrected chi connectivity index (χ3v) is 4.22. The van der Waals surface area contributed by atoms with Gasteiger partial charge in [-0.15, -0.1) is 0 Å². The first kappa shape index (κ1) is 19.5. The molecule has 0 radical (unpaired) electrons. The first-order valence-corrected chi connectivity index (χ1v) is 9.47. The lowest BCUT2D eigenvalue weighted by Gasteiger charge is -2.37. The van der Waals surface area contributed by atoms with Crippen molar-refractivity contribution in [3.05, 3.63) is 24.4 Å². The molecule has 0 aromatic carbocycles. The molecule has 6 nitrogen and oxygen atoms in total. The third kappa shape index (κ3) is 6.90. The Labute approximate surface area is 152 Å². The molecule has 140 valence electrons. The third-order valence-electron chi connectivity index (χ3n) is 4.22. The summed E-state index contributed by atoms with van der Waals surface area (Å²) in [5.41, 5.74) is 0. The SMILES string of the molecule is CCNC(=NCCOCCC(C)C)N1CCN(c2ccccn2)CC1. The van der Waals surface area contributed by atoms with Crippen molar-refractivity contribution in [3.63, 3.8) is 0 Å². The summed E-state index contributed by atoms with van der Waals surface area (Å²) in [4.78, 5) is 13.8. The highest BCUT2D eigenvalue weighted by atomic mass is 16.5. The van der Waals surface area contributed by atoms with Gasteiger partial charge in [0.25, 0.3) is 0 Å². The summed E-state index contributed by atoms with van der Waals surface area (Å²) in [7, 11) is 0. The van der Waals surface area contributed by atoms with Gasteiger partial charge in [-0.3, -0.25) is 4.99 Å². The van der Waals surface area contributed by atoms with Gasteiger partial charge in [0.2, 0.25) is 0 Å². The predicted molar refractivity (Wildman–Crippen MR) is 104 cm³/mol. The van der Waals surface area contributed by atoms with Gasteiger partial charge < -0.3 is 19.9 Å². The molecule has 1 aromatic rings. The van der Waals surface area contributed by atoms with Crippen LogP contribution in [0.3, 0.4) is 0 Å². The Hall–Kier alpha value is -1.82. The van der Waals surface area contributed by atoms with E-state index in [1.165, 1.54) is 0 Å². The zero-order chi connectivity index (χ0) is 17.9. The normalized spacial score (nSPS) is 15.8. The van der Waals surface area contributed by atoms with Crippen molar-refractivity contribution in [2.24, 2.45) is 10.9 Å². The highest BCUT2D eigenvalue weighted by Gasteiger charge is 2.20. The van der Waals surface area contributed by atoms with Crippen molar-refractivity contribution in [2.75, 3.05) is 57.4 Å². The fourth-order valence-electron chi connectivity index (χ4n) is 2.75. The topological polar surface area (TPSA) is 53.0 Å². The molecule has 0 unspecified atom stereocenters. The summed E-state index contributed by atoms with van der Waals surface area (Å²) in [6.07, 6.45) is 2.96. The van der Waals surface area contributed by atoms with E-state index in [0.29, 0.717) is 19.1 Å². The second kappa shape index (κ2) is 10.9. The van der Waals surface area contributed by atoms with Crippen LogP contribution in [0.5, 0.6) is 0 Å². The lowest BCUT2D eigenvalue weighted by molar-refractivity contribution is 0.130. The van der Waals surface area contributed by atoms with Gasteiger partial charge >= 0.3 is 0 Å². The van der Waals surface area contributed by atoms with Crippen LogP contribution >= 0.6 is 0 Å². The fourth-order valence-corrected chi connectivity index (χ4v) is 2.75. The molecule has 0 bridgehead atoms. The molecular formula is C19H33N5O. The Morgan fingerprint density at radius 3 is 2.68 bits per heavy atom. The molecule has 6 heteroatoms. The predicted octanol–water partition coefficient (Wildman–Crippen LogP) is 2.23. The second-order valence-electron chi connectivity index (χ2n) is 6.69. The van der Waals surface area contributed by atoms with Crippen molar-refractivity contribution >= 4 is 11.8 Å². The van der Waals surface area contributed by atoms with E-state index in [0.717, 1.165) is 57.5 Å². The number of aliphatic imine (C=N–C) groups is 1. The lowest BCUT2D eigenvalue weighted by Crippen LogP contribution is -2.52. The molecule has 2 rings (SSSR count). The van der Waals surface area contributed by atoms with Gasteiger partial charge in [-0.05, 0) is 31.4 Å². The summed E-state index contributed by atoms with van der Waals surface area (Å²) in [5.74, 6) is 2.74. The van der Waals surface area contributed by atoms with Gasteiger partial charge in [0.1, 0.15) is 5.82 Å². The highest BCUT2D eigenvalue weighted by Crippen LogP contribution is 2.12. The second-order valence-corrected chi connectivity index (χ2v) is 6.69. The molecule has 0 atom stereocenters. The molecule has 0 amide bonds. The molecule has 2 heterocycles. The Bertz CT molecular complexity index is 498. The maximum Gasteiger partial charge on any atom is 0.194 e. The first-order chi connectivity index (χ1) is 12.2. The van der Waals surface area contributed by atoms with Crippen LogP contribution in [0.25, 0.3) is 0 Å². The summed E-state index contributed by atoms with van der Waals surface area (Å²) in [6, 6.07) is 6.07. The highest BCUT2D eigenvalue weighted by molar-refractivity contribution is 5.80. The average molecular weight is 348 g/mol. The number of hydrogen-bond donors (Lipinski definition) is 1. The standard InChI is InChI=1S/C19H33N5O/c1-4-20-19(22-10-16-25-15-8-17(2)3)24-13-11-23(12-14-24)18-7-5-6-9-21-18/h5-7,9,17H,4,8,10-16H2,1-3H3,(H,20,22). The molecule has 0 saturated carbocycles. The monoisotopic (exact) mass is 347 g/mol. The number of anilines is 1. The van der Waals surface area contributed by atoms with Crippen molar-refractivity contribution < 1.29 is 4.74 Å². The van der Waals surface area contributed by atoms with Crippen LogP contribution in [0.2, 0.25) is 0 Å². The first-order valence-electron chi connectivity index (χ1n) is 9.47. The summed E-state index contributed by atoms with van der Waals surface area (Å²) >= 11 is 0. The van der Waals surface area contributed by atoms with Crippen molar-refractivity contribution in [3.8, 4) is 0 Å². The Morgan fingerprint density at radius 1 is 1.24 bits per heavy atom. The molecule has 1 fully saturated rings. The molecule has 1 aliphatic rings. The quantitative estimate of drug-likeness (QED) is 0.444. The maximum absolute atomic E-state index is 5.67. The molecule has 0 aliphatic carbocycles. The van der Waals surface area contributed by atoms with E-state index in [-0.39, 0.29) is 0 Å². The van der Waals surface area contributed by atoms with Crippen LogP contribution in [0, 0.1) is 5.92 Å². The van der Waals surface area contributed by atoms with Crippen LogP contribution in [0.1, 0.15) is 27.2 Å². The fraction of sp³-hybridized carbons (Fsp3) is 0.684. The van der Waals surface area contributed by atoms with Gasteiger partial charge in [-0.2, -0.15) is 0 Å². The molecule has 1 aliphatic heterocycles. The molecular weight excluding hydrogens is 314 g/mol. The summed E-state index contributed by atoms with van der Waals surface area (Å²) in [5, 5.41) is 3.40. The lowest BCUT2D eigenvalue weighted by atomic mass is 10.1. The van der Waals surface area contributed by atoms with E-state index in [4.69, 9.17) is 9.73 Å². The number of nitrogens with one attached hydrogen (secondary N) is 1. The van der Waals surface area contributed by atoms with Gasteiger partial charge in [-0.1, -0.05) is 19.9 Å². The molecule has 1 saturated heterocycles. The Morgan fingerprint density at radius 2 is 2.04 bits per heavy atom. The zero-order valence-corrected chi connectivity index (χ0v) is 15.9. The van der Waals surface area contributed by atoms with Gasteiger partial charge in [-0.25, -0.2) is 4.98 Å². The van der Waals surface area contributed by atoms with E-state index >= 15 is 0 Å². The number of pyridine rings is 1. The Kier molecular flexibility index (Phi) is 8.52. The van der Waals surface area contributed by atoms with Crippen molar-refractivity contribution in [1.29, 1.82) is 0 Å². The smallest absolute Gasteiger partial charge is 0.194 e. The molecule has 1 aromatic heterocycles. The molecule has 1 N–H and O–H groups in total. The van der Waals surface area contributed by atoms with Crippen LogP contribution in [0.15, 0.2) is 29.4 Å². The summed E-state index contributed by atoms with van der Waals surface area (Å²) in [6.45, 7) is 13.5. The van der Waals surface area contributed by atoms with Crippen LogP contribution in [-0.4, -0.2) is 68.3 Å². The van der Waals surface area contributed by atoms with Crippen LogP contribution in [0.4, 0.5) is 5.82 Å². The number of nitrogens with zero attached hydrogens (tertiary/aromatic N) is 4. The van der Waals surface area contributed by atoms with E-state index in [2.05, 4.69) is 46.9 Å². The maximum atomic E-state index is 5.67. The van der Waals surface area contributed by atoms with E-state index in [1.807, 2.05) is 18.3 Å². The van der Waals surface area contributed by atoms with Crippen LogP contribution < -0.4 is 10.2 Å². The molecule has 0 spiro atoms. The van der Waals surface area contributed by atoms with Gasteiger partial charge in [0.15, 0.2) is 5.96 Å². The Balaban J connectivity index is 1.77. The molecule has 25 heavy (non-hydrogen) atoms. The number of guanidine groups is 1. The zero-order valence-electron chi connectivity index (χ0n) is 15.9. The number of rotatable bonds is 8. The minimum atomic E-state index is 0.690. The van der Waals surface area contributed by atoms with E-state index < -0.39 is 0 Å². The van der Waals surface area contributed by atoms with Crippen molar-refractivity contribution in [1.82, 2.24) is 15.2 Å². The average Bonchev–Trinajstić information content (AvgIpc) is 2.64. The minimum Gasteiger partial charge on any atom is -0.380 e. The van der Waals surface area contributed by atoms with Crippen molar-refractivity contribution in [2.45, 2.75) is 27.2 Å². The van der Waals surface area contributed by atoms with Gasteiger partial charge in [0, 0.05) is 45.5 Å². The van der Waals surface area contributed by atoms with E-state index in [9.17, 15) is 0 Å². The van der Waals surface area contributed by atoms with Gasteiger partial charge in [0.05, 0.1) is 13.2 Å². The number of aromatic nitrogens is 1. The minimum absolute atomic E-state index is 0.690. The van der Waals surface area contributed by atoms with Crippen LogP contribution in [-0.2, 0) is 4.74 Å². The number of hydrogen-bond acceptors (Lipinski definition) is 4. The summed E-state index contributed by atoms with van der Waals surface area (Å²) < 4.78 is 5.67.